The Morgan fingerprint density at radius 2 is 2.12 bits per heavy atom. The van der Waals surface area contributed by atoms with Gasteiger partial charge in [0.1, 0.15) is 12.4 Å². The first kappa shape index (κ1) is 16.3. The van der Waals surface area contributed by atoms with Crippen molar-refractivity contribution in [3.05, 3.63) is 61.9 Å². The highest BCUT2D eigenvalue weighted by molar-refractivity contribution is 6.30. The van der Waals surface area contributed by atoms with E-state index >= 15 is 0 Å². The lowest BCUT2D eigenvalue weighted by Crippen LogP contribution is -2.35. The summed E-state index contributed by atoms with van der Waals surface area (Å²) in [6.45, 7) is 1.48. The fourth-order valence-corrected chi connectivity index (χ4v) is 2.76. The molecule has 2 heterocycles. The lowest BCUT2D eigenvalue weighted by molar-refractivity contribution is -0.132. The fraction of sp³-hybridized carbons (Fsp3) is 0.312. The number of fused-ring (bicyclic) bond motifs is 1. The van der Waals surface area contributed by atoms with Crippen LogP contribution in [0.25, 0.3) is 0 Å². The maximum Gasteiger partial charge on any atom is 0.328 e. The number of carbonyl (C=O) groups is 1. The molecule has 126 valence electrons. The third-order valence-electron chi connectivity index (χ3n) is 3.82. The van der Waals surface area contributed by atoms with Gasteiger partial charge in [-0.2, -0.15) is 0 Å². The summed E-state index contributed by atoms with van der Waals surface area (Å²) in [6.07, 6.45) is 1.54. The van der Waals surface area contributed by atoms with Gasteiger partial charge in [0.15, 0.2) is 0 Å². The predicted molar refractivity (Wildman–Crippen MR) is 88.3 cm³/mol. The minimum absolute atomic E-state index is 0.0930. The number of rotatable bonds is 3. The first-order valence-electron chi connectivity index (χ1n) is 7.52. The molecule has 1 N–H and O–H groups in total. The molecule has 2 aromatic rings. The number of ether oxygens (including phenoxy) is 1. The van der Waals surface area contributed by atoms with E-state index in [-0.39, 0.29) is 18.9 Å². The van der Waals surface area contributed by atoms with Gasteiger partial charge in [-0.05, 0) is 18.2 Å². The number of hydrogen-bond acceptors (Lipinski definition) is 4. The molecule has 1 aromatic heterocycles. The van der Waals surface area contributed by atoms with Gasteiger partial charge in [0.25, 0.3) is 5.56 Å². The smallest absolute Gasteiger partial charge is 0.328 e. The van der Waals surface area contributed by atoms with Gasteiger partial charge in [0.05, 0.1) is 6.54 Å². The second-order valence-corrected chi connectivity index (χ2v) is 5.91. The molecule has 0 saturated carbocycles. The van der Waals surface area contributed by atoms with Crippen LogP contribution in [-0.4, -0.2) is 33.5 Å². The molecule has 0 unspecified atom stereocenters. The molecule has 1 amide bonds. The number of carbonyl (C=O) groups excluding carboxylic acids is 1. The molecule has 24 heavy (non-hydrogen) atoms. The first-order chi connectivity index (χ1) is 11.5. The van der Waals surface area contributed by atoms with Crippen LogP contribution in [0.2, 0.25) is 5.02 Å². The summed E-state index contributed by atoms with van der Waals surface area (Å²) in [5, 5.41) is 0.589. The zero-order valence-electron chi connectivity index (χ0n) is 12.8. The number of aryl methyl sites for hydroxylation is 1. The van der Waals surface area contributed by atoms with E-state index in [1.54, 1.807) is 23.1 Å². The summed E-state index contributed by atoms with van der Waals surface area (Å²) in [4.78, 5) is 39.0. The number of amides is 1. The highest BCUT2D eigenvalue weighted by Gasteiger charge is 2.20. The Morgan fingerprint density at radius 1 is 1.29 bits per heavy atom. The van der Waals surface area contributed by atoms with E-state index in [4.69, 9.17) is 16.3 Å². The minimum Gasteiger partial charge on any atom is -0.491 e. The van der Waals surface area contributed by atoms with Gasteiger partial charge in [-0.3, -0.25) is 14.6 Å². The van der Waals surface area contributed by atoms with Crippen LogP contribution < -0.4 is 16.0 Å². The molecule has 0 fully saturated rings. The van der Waals surface area contributed by atoms with Gasteiger partial charge in [-0.15, -0.1) is 0 Å². The van der Waals surface area contributed by atoms with Crippen LogP contribution in [0.3, 0.4) is 0 Å². The molecule has 1 aromatic carbocycles. The number of nitrogens with one attached hydrogen (secondary N) is 1. The highest BCUT2D eigenvalue weighted by atomic mass is 35.5. The quantitative estimate of drug-likeness (QED) is 0.896. The molecule has 0 aliphatic carbocycles. The molecule has 8 heteroatoms. The Hall–Kier alpha value is -2.54. The van der Waals surface area contributed by atoms with Gasteiger partial charge in [-0.1, -0.05) is 11.6 Å². The SMILES string of the molecule is O=C(CCn1ccc(=O)[nH]c1=O)N1CCOc2ccc(Cl)cc2C1. The topological polar surface area (TPSA) is 84.4 Å². The van der Waals surface area contributed by atoms with Crippen LogP contribution >= 0.6 is 11.6 Å². The zero-order chi connectivity index (χ0) is 17.1. The molecule has 0 spiro atoms. The average molecular weight is 350 g/mol. The van der Waals surface area contributed by atoms with E-state index in [1.807, 2.05) is 0 Å². The average Bonchev–Trinajstić information content (AvgIpc) is 2.75. The van der Waals surface area contributed by atoms with Crippen molar-refractivity contribution in [2.45, 2.75) is 19.5 Å². The summed E-state index contributed by atoms with van der Waals surface area (Å²) in [5.41, 5.74) is -0.123. The van der Waals surface area contributed by atoms with Crippen LogP contribution in [-0.2, 0) is 17.9 Å². The van der Waals surface area contributed by atoms with Crippen LogP contribution in [0, 0.1) is 0 Å². The van der Waals surface area contributed by atoms with Crippen LogP contribution in [0.1, 0.15) is 12.0 Å². The maximum absolute atomic E-state index is 12.4. The Kier molecular flexibility index (Phi) is 4.71. The molecule has 1 aliphatic rings. The number of nitrogens with zero attached hydrogens (tertiary/aromatic N) is 2. The van der Waals surface area contributed by atoms with Crippen LogP contribution in [0.15, 0.2) is 40.1 Å². The zero-order valence-corrected chi connectivity index (χ0v) is 13.6. The van der Waals surface area contributed by atoms with Gasteiger partial charge in [0.2, 0.25) is 5.91 Å². The summed E-state index contributed by atoms with van der Waals surface area (Å²) in [5.74, 6) is 0.635. The van der Waals surface area contributed by atoms with Crippen molar-refractivity contribution in [2.24, 2.45) is 0 Å². The van der Waals surface area contributed by atoms with Gasteiger partial charge in [-0.25, -0.2) is 4.79 Å². The lowest BCUT2D eigenvalue weighted by Gasteiger charge is -2.20. The fourth-order valence-electron chi connectivity index (χ4n) is 2.57. The van der Waals surface area contributed by atoms with Crippen LogP contribution in [0.5, 0.6) is 5.75 Å². The van der Waals surface area contributed by atoms with Crippen molar-refractivity contribution < 1.29 is 9.53 Å². The van der Waals surface area contributed by atoms with Crippen molar-refractivity contribution >= 4 is 17.5 Å². The summed E-state index contributed by atoms with van der Waals surface area (Å²) in [6, 6.07) is 6.59. The highest BCUT2D eigenvalue weighted by Crippen LogP contribution is 2.26. The molecule has 7 nitrogen and oxygen atoms in total. The number of H-pyrrole nitrogens is 1. The molecule has 0 radical (unpaired) electrons. The monoisotopic (exact) mass is 349 g/mol. The van der Waals surface area contributed by atoms with E-state index in [1.165, 1.54) is 16.8 Å². The van der Waals surface area contributed by atoms with Crippen LogP contribution in [0.4, 0.5) is 0 Å². The van der Waals surface area contributed by atoms with E-state index in [2.05, 4.69) is 4.98 Å². The lowest BCUT2D eigenvalue weighted by atomic mass is 10.2. The normalized spacial score (nSPS) is 13.8. The Labute approximate surface area is 142 Å². The predicted octanol–water partition coefficient (Wildman–Crippen LogP) is 1.00. The molecule has 0 bridgehead atoms. The van der Waals surface area contributed by atoms with Gasteiger partial charge in [0, 0.05) is 42.4 Å². The molecular formula is C16H16ClN3O4. The first-order valence-corrected chi connectivity index (χ1v) is 7.89. The second kappa shape index (κ2) is 6.92. The molecule has 0 atom stereocenters. The Balaban J connectivity index is 1.68. The Morgan fingerprint density at radius 3 is 2.92 bits per heavy atom. The van der Waals surface area contributed by atoms with E-state index in [0.717, 1.165) is 11.3 Å². The number of halogens is 1. The van der Waals surface area contributed by atoms with Gasteiger partial charge >= 0.3 is 5.69 Å². The standard InChI is InChI=1S/C16H16ClN3O4/c17-12-1-2-13-11(9-12)10-20(7-8-24-13)15(22)4-6-19-5-3-14(21)18-16(19)23/h1-3,5,9H,4,6-8,10H2,(H,18,21,23). The number of aromatic amines is 1. The molecule has 1 aliphatic heterocycles. The summed E-state index contributed by atoms with van der Waals surface area (Å²) >= 11 is 6.00. The number of benzene rings is 1. The number of hydrogen-bond donors (Lipinski definition) is 1. The van der Waals surface area contributed by atoms with Crippen molar-refractivity contribution in [1.29, 1.82) is 0 Å². The molecule has 3 rings (SSSR count). The van der Waals surface area contributed by atoms with Gasteiger partial charge < -0.3 is 14.2 Å². The van der Waals surface area contributed by atoms with Crippen molar-refractivity contribution in [1.82, 2.24) is 14.5 Å². The third-order valence-corrected chi connectivity index (χ3v) is 4.05. The second-order valence-electron chi connectivity index (χ2n) is 5.47. The van der Waals surface area contributed by atoms with Crippen molar-refractivity contribution in [2.75, 3.05) is 13.2 Å². The Bertz CT molecular complexity index is 874. The van der Waals surface area contributed by atoms with E-state index in [0.29, 0.717) is 24.7 Å². The van der Waals surface area contributed by atoms with E-state index in [9.17, 15) is 14.4 Å². The van der Waals surface area contributed by atoms with Crippen molar-refractivity contribution in [3.8, 4) is 5.75 Å². The largest absolute Gasteiger partial charge is 0.491 e. The number of aromatic nitrogens is 2. The third kappa shape index (κ3) is 3.68. The maximum atomic E-state index is 12.4. The van der Waals surface area contributed by atoms with Crippen molar-refractivity contribution in [3.63, 3.8) is 0 Å². The summed E-state index contributed by atoms with van der Waals surface area (Å²) in [7, 11) is 0. The van der Waals surface area contributed by atoms with E-state index < -0.39 is 11.2 Å². The summed E-state index contributed by atoms with van der Waals surface area (Å²) < 4.78 is 6.94. The molecule has 0 saturated heterocycles. The minimum atomic E-state index is -0.522. The molecular weight excluding hydrogens is 334 g/mol.